The maximum Gasteiger partial charge on any atom is 0.0622 e. The normalized spacial score (nSPS) is 14.8. The third-order valence-corrected chi connectivity index (χ3v) is 2.05. The minimum atomic E-state index is 0.148. The van der Waals surface area contributed by atoms with E-state index in [0.29, 0.717) is 6.61 Å². The van der Waals surface area contributed by atoms with Gasteiger partial charge in [-0.25, -0.2) is 0 Å². The second-order valence-corrected chi connectivity index (χ2v) is 4.40. The van der Waals surface area contributed by atoms with Crippen LogP contribution >= 0.6 is 0 Å². The Balaban J connectivity index is 3.38. The van der Waals surface area contributed by atoms with Gasteiger partial charge in [-0.15, -0.1) is 0 Å². The van der Waals surface area contributed by atoms with Gasteiger partial charge in [0.05, 0.1) is 6.61 Å². The van der Waals surface area contributed by atoms with Gasteiger partial charge in [-0.2, -0.15) is 0 Å². The van der Waals surface area contributed by atoms with Gasteiger partial charge >= 0.3 is 0 Å². The van der Waals surface area contributed by atoms with E-state index in [1.165, 1.54) is 6.42 Å². The van der Waals surface area contributed by atoms with Gasteiger partial charge in [0, 0.05) is 12.6 Å². The minimum absolute atomic E-state index is 0.148. The highest BCUT2D eigenvalue weighted by Gasteiger charge is 2.20. The molecule has 2 N–H and O–H groups in total. The summed E-state index contributed by atoms with van der Waals surface area (Å²) >= 11 is 0. The molecule has 0 aliphatic rings. The molecule has 0 aromatic heterocycles. The van der Waals surface area contributed by atoms with E-state index in [1.807, 2.05) is 0 Å². The molecule has 0 aromatic carbocycles. The Hall–Kier alpha value is -0.0800. The lowest BCUT2D eigenvalue weighted by molar-refractivity contribution is 0.0883. The number of ether oxygens (including phenoxy) is 1. The Bertz CT molecular complexity index is 107. The second kappa shape index (κ2) is 5.55. The second-order valence-electron chi connectivity index (χ2n) is 4.40. The highest BCUT2D eigenvalue weighted by molar-refractivity contribution is 4.76. The highest BCUT2D eigenvalue weighted by Crippen LogP contribution is 2.17. The third-order valence-electron chi connectivity index (χ3n) is 2.05. The van der Waals surface area contributed by atoms with Crippen LogP contribution in [0.5, 0.6) is 0 Å². The predicted molar refractivity (Wildman–Crippen MR) is 53.2 cm³/mol. The molecule has 12 heavy (non-hydrogen) atoms. The van der Waals surface area contributed by atoms with Gasteiger partial charge < -0.3 is 10.5 Å². The molecule has 0 bridgehead atoms. The van der Waals surface area contributed by atoms with Crippen molar-refractivity contribution in [1.82, 2.24) is 0 Å². The van der Waals surface area contributed by atoms with E-state index >= 15 is 0 Å². The maximum absolute atomic E-state index is 5.91. The molecule has 0 aliphatic heterocycles. The summed E-state index contributed by atoms with van der Waals surface area (Å²) in [5.41, 5.74) is 6.07. The first kappa shape index (κ1) is 11.9. The molecule has 0 saturated heterocycles. The number of rotatable bonds is 5. The van der Waals surface area contributed by atoms with Crippen molar-refractivity contribution in [1.29, 1.82) is 0 Å². The van der Waals surface area contributed by atoms with Crippen molar-refractivity contribution in [2.75, 3.05) is 13.2 Å². The number of nitrogens with two attached hydrogens (primary N) is 1. The van der Waals surface area contributed by atoms with E-state index in [2.05, 4.69) is 27.7 Å². The topological polar surface area (TPSA) is 35.2 Å². The standard InChI is InChI=1S/C10H23NO/c1-5-6-7-12-8-9(11)10(2,3)4/h9H,5-8,11H2,1-4H3. The Labute approximate surface area is 76.5 Å². The van der Waals surface area contributed by atoms with E-state index in [1.54, 1.807) is 0 Å². The van der Waals surface area contributed by atoms with Crippen LogP contribution in [0.15, 0.2) is 0 Å². The van der Waals surface area contributed by atoms with Gasteiger partial charge in [0.15, 0.2) is 0 Å². The van der Waals surface area contributed by atoms with Gasteiger partial charge in [0.25, 0.3) is 0 Å². The van der Waals surface area contributed by atoms with Gasteiger partial charge in [-0.1, -0.05) is 34.1 Å². The fraction of sp³-hybridized carbons (Fsp3) is 1.00. The quantitative estimate of drug-likeness (QED) is 0.647. The average molecular weight is 173 g/mol. The van der Waals surface area contributed by atoms with Crippen LogP contribution < -0.4 is 5.73 Å². The van der Waals surface area contributed by atoms with Crippen LogP contribution in [0.25, 0.3) is 0 Å². The molecular weight excluding hydrogens is 150 g/mol. The van der Waals surface area contributed by atoms with Crippen LogP contribution in [0.3, 0.4) is 0 Å². The lowest BCUT2D eigenvalue weighted by Crippen LogP contribution is -2.39. The van der Waals surface area contributed by atoms with Crippen LogP contribution in [0.1, 0.15) is 40.5 Å². The van der Waals surface area contributed by atoms with Crippen molar-refractivity contribution in [3.63, 3.8) is 0 Å². The smallest absolute Gasteiger partial charge is 0.0622 e. The molecule has 0 radical (unpaired) electrons. The van der Waals surface area contributed by atoms with Crippen molar-refractivity contribution in [2.45, 2.75) is 46.6 Å². The number of hydrogen-bond donors (Lipinski definition) is 1. The van der Waals surface area contributed by atoms with Crippen molar-refractivity contribution in [3.05, 3.63) is 0 Å². The molecule has 0 fully saturated rings. The zero-order chi connectivity index (χ0) is 9.61. The molecule has 0 amide bonds. The molecule has 1 unspecified atom stereocenters. The lowest BCUT2D eigenvalue weighted by Gasteiger charge is -2.26. The third kappa shape index (κ3) is 5.56. The first-order valence-corrected chi connectivity index (χ1v) is 4.81. The van der Waals surface area contributed by atoms with E-state index in [4.69, 9.17) is 10.5 Å². The Morgan fingerprint density at radius 3 is 2.33 bits per heavy atom. The van der Waals surface area contributed by atoms with Gasteiger partial charge in [0.1, 0.15) is 0 Å². The van der Waals surface area contributed by atoms with Gasteiger partial charge in [-0.05, 0) is 11.8 Å². The zero-order valence-corrected chi connectivity index (χ0v) is 8.89. The largest absolute Gasteiger partial charge is 0.380 e. The summed E-state index contributed by atoms with van der Waals surface area (Å²) in [6.07, 6.45) is 2.32. The maximum atomic E-state index is 5.91. The fourth-order valence-electron chi connectivity index (χ4n) is 0.707. The Morgan fingerprint density at radius 1 is 1.33 bits per heavy atom. The SMILES string of the molecule is CCCCOCC(N)C(C)(C)C. The first-order valence-electron chi connectivity index (χ1n) is 4.81. The molecule has 0 aliphatic carbocycles. The summed E-state index contributed by atoms with van der Waals surface area (Å²) in [6.45, 7) is 10.1. The molecule has 0 aromatic rings. The molecule has 2 heteroatoms. The predicted octanol–water partition coefficient (Wildman–Crippen LogP) is 2.18. The molecule has 0 saturated carbocycles. The molecule has 2 nitrogen and oxygen atoms in total. The minimum Gasteiger partial charge on any atom is -0.380 e. The van der Waals surface area contributed by atoms with Crippen LogP contribution in [0.2, 0.25) is 0 Å². The van der Waals surface area contributed by atoms with Crippen LogP contribution in [-0.2, 0) is 4.74 Å². The van der Waals surface area contributed by atoms with E-state index in [-0.39, 0.29) is 11.5 Å². The van der Waals surface area contributed by atoms with E-state index in [9.17, 15) is 0 Å². The van der Waals surface area contributed by atoms with Crippen molar-refractivity contribution >= 4 is 0 Å². The Kier molecular flexibility index (Phi) is 5.51. The summed E-state index contributed by atoms with van der Waals surface area (Å²) in [6, 6.07) is 0.148. The molecule has 0 rings (SSSR count). The molecule has 0 heterocycles. The van der Waals surface area contributed by atoms with Crippen molar-refractivity contribution < 1.29 is 4.74 Å². The lowest BCUT2D eigenvalue weighted by atomic mass is 9.88. The number of unbranched alkanes of at least 4 members (excludes halogenated alkanes) is 1. The van der Waals surface area contributed by atoms with Crippen LogP contribution in [-0.4, -0.2) is 19.3 Å². The first-order chi connectivity index (χ1) is 5.48. The van der Waals surface area contributed by atoms with Crippen LogP contribution in [0, 0.1) is 5.41 Å². The molecular formula is C10H23NO. The van der Waals surface area contributed by atoms with Crippen LogP contribution in [0.4, 0.5) is 0 Å². The highest BCUT2D eigenvalue weighted by atomic mass is 16.5. The monoisotopic (exact) mass is 173 g/mol. The van der Waals surface area contributed by atoms with Gasteiger partial charge in [0.2, 0.25) is 0 Å². The van der Waals surface area contributed by atoms with Crippen molar-refractivity contribution in [2.24, 2.45) is 11.1 Å². The van der Waals surface area contributed by atoms with E-state index < -0.39 is 0 Å². The van der Waals surface area contributed by atoms with Gasteiger partial charge in [-0.3, -0.25) is 0 Å². The summed E-state index contributed by atoms with van der Waals surface area (Å²) in [5.74, 6) is 0. The zero-order valence-electron chi connectivity index (χ0n) is 8.89. The summed E-state index contributed by atoms with van der Waals surface area (Å²) in [7, 11) is 0. The summed E-state index contributed by atoms with van der Waals surface area (Å²) in [5, 5.41) is 0. The molecule has 0 spiro atoms. The number of hydrogen-bond acceptors (Lipinski definition) is 2. The summed E-state index contributed by atoms with van der Waals surface area (Å²) in [4.78, 5) is 0. The fourth-order valence-corrected chi connectivity index (χ4v) is 0.707. The summed E-state index contributed by atoms with van der Waals surface area (Å²) < 4.78 is 5.44. The molecule has 1 atom stereocenters. The van der Waals surface area contributed by atoms with Crippen molar-refractivity contribution in [3.8, 4) is 0 Å². The van der Waals surface area contributed by atoms with E-state index in [0.717, 1.165) is 13.0 Å². The average Bonchev–Trinajstić information content (AvgIpc) is 1.96. The Morgan fingerprint density at radius 2 is 1.92 bits per heavy atom. The molecule has 74 valence electrons.